The number of hydrogen-bond acceptors (Lipinski definition) is 7. The molecule has 1 heterocycles. The van der Waals surface area contributed by atoms with Gasteiger partial charge in [-0.3, -0.25) is 14.4 Å². The van der Waals surface area contributed by atoms with Crippen molar-refractivity contribution < 1.29 is 28.7 Å². The average Bonchev–Trinajstić information content (AvgIpc) is 3.35. The van der Waals surface area contributed by atoms with Crippen LogP contribution >= 0.6 is 0 Å². The van der Waals surface area contributed by atoms with Crippen LogP contribution in [0.4, 0.5) is 10.6 Å². The van der Waals surface area contributed by atoms with E-state index in [1.165, 1.54) is 6.20 Å². The van der Waals surface area contributed by atoms with Crippen molar-refractivity contribution >= 4 is 29.7 Å². The second kappa shape index (κ2) is 14.3. The minimum Gasteiger partial charge on any atom is -0.465 e. The van der Waals surface area contributed by atoms with Gasteiger partial charge in [-0.2, -0.15) is 0 Å². The summed E-state index contributed by atoms with van der Waals surface area (Å²) in [5, 5.41) is 8.27. The Hall–Kier alpha value is -3.89. The van der Waals surface area contributed by atoms with E-state index in [9.17, 15) is 19.2 Å². The van der Waals surface area contributed by atoms with Crippen molar-refractivity contribution in [2.24, 2.45) is 5.92 Å². The highest BCUT2D eigenvalue weighted by Gasteiger charge is 2.36. The highest BCUT2D eigenvalue weighted by atomic mass is 16.6. The Balaban J connectivity index is 1.77. The van der Waals surface area contributed by atoms with Gasteiger partial charge in [0.05, 0.1) is 12.8 Å². The van der Waals surface area contributed by atoms with E-state index in [4.69, 9.17) is 9.47 Å². The number of anilines is 1. The molecule has 1 aromatic heterocycles. The maximum absolute atomic E-state index is 13.6. The maximum Gasteiger partial charge on any atom is 0.408 e. The van der Waals surface area contributed by atoms with Crippen molar-refractivity contribution in [1.82, 2.24) is 20.6 Å². The van der Waals surface area contributed by atoms with Crippen molar-refractivity contribution in [3.63, 3.8) is 0 Å². The molecule has 1 aliphatic rings. The number of nitrogens with zero attached hydrogens (tertiary/aromatic N) is 1. The molecular formula is C31H45N5O6. The van der Waals surface area contributed by atoms with Crippen LogP contribution in [-0.2, 0) is 23.9 Å². The molecule has 0 saturated heterocycles. The lowest BCUT2D eigenvalue weighted by molar-refractivity contribution is -0.144. The van der Waals surface area contributed by atoms with Crippen LogP contribution in [0.1, 0.15) is 97.4 Å². The van der Waals surface area contributed by atoms with Gasteiger partial charge in [0.2, 0.25) is 11.8 Å². The molecule has 2 aromatic rings. The molecule has 0 aliphatic heterocycles. The molecular weight excluding hydrogens is 538 g/mol. The highest BCUT2D eigenvalue weighted by molar-refractivity contribution is 5.98. The zero-order valence-electron chi connectivity index (χ0n) is 25.5. The molecule has 42 heavy (non-hydrogen) atoms. The van der Waals surface area contributed by atoms with Gasteiger partial charge in [-0.1, -0.05) is 62.4 Å². The molecule has 11 heteroatoms. The van der Waals surface area contributed by atoms with Crippen LogP contribution in [0.25, 0.3) is 0 Å². The number of amides is 3. The molecule has 230 valence electrons. The van der Waals surface area contributed by atoms with E-state index in [0.29, 0.717) is 17.8 Å². The predicted octanol–water partition coefficient (Wildman–Crippen LogP) is 4.80. The van der Waals surface area contributed by atoms with Crippen molar-refractivity contribution in [1.29, 1.82) is 0 Å². The highest BCUT2D eigenvalue weighted by Crippen LogP contribution is 2.28. The predicted molar refractivity (Wildman–Crippen MR) is 159 cm³/mol. The Kier molecular flexibility index (Phi) is 11.1. The molecule has 1 fully saturated rings. The van der Waals surface area contributed by atoms with Gasteiger partial charge in [0.15, 0.2) is 0 Å². The third-order valence-electron chi connectivity index (χ3n) is 7.08. The van der Waals surface area contributed by atoms with Gasteiger partial charge in [0, 0.05) is 0 Å². The second-order valence-electron chi connectivity index (χ2n) is 12.3. The van der Waals surface area contributed by atoms with Crippen molar-refractivity contribution in [2.75, 3.05) is 11.9 Å². The number of benzene rings is 1. The fourth-order valence-corrected chi connectivity index (χ4v) is 4.99. The number of carbonyl (C=O) groups is 4. The Labute approximate surface area is 247 Å². The number of esters is 1. The smallest absolute Gasteiger partial charge is 0.408 e. The first-order chi connectivity index (χ1) is 19.8. The van der Waals surface area contributed by atoms with Crippen LogP contribution in [-0.4, -0.2) is 57.6 Å². The molecule has 0 radical (unpaired) electrons. The van der Waals surface area contributed by atoms with E-state index >= 15 is 0 Å². The molecule has 3 amide bonds. The van der Waals surface area contributed by atoms with E-state index in [0.717, 1.165) is 32.1 Å². The lowest BCUT2D eigenvalue weighted by Crippen LogP contribution is -2.59. The molecule has 1 aromatic carbocycles. The SMILES string of the molecule is CCOC(=O)C(c1ccccc1)c1ncc(NC(=O)[C@@H](CC2CCCCC2)NC(=O)C(C)(C)NC(=O)OC(C)(C)C)[nH]1. The standard InChI is InChI=1S/C31H45N5O6/c1-7-41-27(38)24(21-16-12-9-13-17-21)25-32-19-23(34-25)35-26(37)22(18-20-14-10-8-11-15-20)33-28(39)31(5,6)36-29(40)42-30(2,3)4/h9,12-13,16-17,19-20,22,24H,7-8,10-11,14-15,18H2,1-6H3,(H,32,34)(H,33,39)(H,35,37)(H,36,40)/t22-,24?/m1/s1. The molecule has 0 bridgehead atoms. The average molecular weight is 584 g/mol. The van der Waals surface area contributed by atoms with Crippen molar-refractivity contribution in [3.05, 3.63) is 47.9 Å². The minimum atomic E-state index is -1.34. The lowest BCUT2D eigenvalue weighted by Gasteiger charge is -2.31. The number of alkyl carbamates (subject to hydrolysis) is 1. The first-order valence-corrected chi connectivity index (χ1v) is 14.7. The summed E-state index contributed by atoms with van der Waals surface area (Å²) in [7, 11) is 0. The number of H-pyrrole nitrogens is 1. The molecule has 2 atom stereocenters. The number of hydrogen-bond donors (Lipinski definition) is 4. The van der Waals surface area contributed by atoms with Gasteiger partial charge >= 0.3 is 12.1 Å². The van der Waals surface area contributed by atoms with Crippen molar-refractivity contribution in [2.45, 2.75) is 103 Å². The van der Waals surface area contributed by atoms with Gasteiger partial charge in [-0.25, -0.2) is 9.78 Å². The fraction of sp³-hybridized carbons (Fsp3) is 0.581. The van der Waals surface area contributed by atoms with Gasteiger partial charge in [0.1, 0.15) is 34.7 Å². The number of nitrogens with one attached hydrogen (secondary N) is 4. The Bertz CT molecular complexity index is 1210. The Morgan fingerprint density at radius 3 is 2.31 bits per heavy atom. The summed E-state index contributed by atoms with van der Waals surface area (Å²) >= 11 is 0. The quantitative estimate of drug-likeness (QED) is 0.277. The van der Waals surface area contributed by atoms with Crippen LogP contribution in [0.15, 0.2) is 36.5 Å². The van der Waals surface area contributed by atoms with Gasteiger partial charge in [0.25, 0.3) is 0 Å². The summed E-state index contributed by atoms with van der Waals surface area (Å²) in [5.41, 5.74) is -1.36. The molecule has 1 aliphatic carbocycles. The van der Waals surface area contributed by atoms with Crippen molar-refractivity contribution in [3.8, 4) is 0 Å². The number of aromatic amines is 1. The number of rotatable bonds is 11. The van der Waals surface area contributed by atoms with E-state index in [1.807, 2.05) is 30.3 Å². The number of carbonyl (C=O) groups excluding carboxylic acids is 4. The molecule has 1 unspecified atom stereocenters. The zero-order valence-corrected chi connectivity index (χ0v) is 25.5. The van der Waals surface area contributed by atoms with Crippen LogP contribution in [0.3, 0.4) is 0 Å². The number of ether oxygens (including phenoxy) is 2. The van der Waals surface area contributed by atoms with Gasteiger partial charge in [-0.15, -0.1) is 0 Å². The van der Waals surface area contributed by atoms with Crippen LogP contribution in [0.5, 0.6) is 0 Å². The number of imidazole rings is 1. The van der Waals surface area contributed by atoms with E-state index < -0.39 is 47.0 Å². The first-order valence-electron chi connectivity index (χ1n) is 14.7. The molecule has 1 saturated carbocycles. The largest absolute Gasteiger partial charge is 0.465 e. The first kappa shape index (κ1) is 32.6. The molecule has 3 rings (SSSR count). The van der Waals surface area contributed by atoms with Crippen LogP contribution in [0, 0.1) is 5.92 Å². The summed E-state index contributed by atoms with van der Waals surface area (Å²) in [4.78, 5) is 59.5. The van der Waals surface area contributed by atoms with E-state index in [1.54, 1.807) is 41.5 Å². The second-order valence-corrected chi connectivity index (χ2v) is 12.3. The van der Waals surface area contributed by atoms with Crippen LogP contribution in [0.2, 0.25) is 0 Å². The topological polar surface area (TPSA) is 152 Å². The maximum atomic E-state index is 13.6. The third-order valence-corrected chi connectivity index (χ3v) is 7.08. The minimum absolute atomic E-state index is 0.216. The zero-order chi connectivity index (χ0) is 30.9. The molecule has 0 spiro atoms. The summed E-state index contributed by atoms with van der Waals surface area (Å²) < 4.78 is 10.6. The normalized spacial score (nSPS) is 15.7. The Morgan fingerprint density at radius 1 is 1.02 bits per heavy atom. The summed E-state index contributed by atoms with van der Waals surface area (Å²) in [6.45, 7) is 10.3. The van der Waals surface area contributed by atoms with Crippen LogP contribution < -0.4 is 16.0 Å². The number of aromatic nitrogens is 2. The summed E-state index contributed by atoms with van der Waals surface area (Å²) in [5.74, 6) is -1.31. The monoisotopic (exact) mass is 583 g/mol. The summed E-state index contributed by atoms with van der Waals surface area (Å²) in [6.07, 6.45) is 6.45. The fourth-order valence-electron chi connectivity index (χ4n) is 4.99. The van der Waals surface area contributed by atoms with E-state index in [2.05, 4.69) is 25.9 Å². The molecule has 4 N–H and O–H groups in total. The third kappa shape index (κ3) is 9.60. The van der Waals surface area contributed by atoms with E-state index in [-0.39, 0.29) is 18.3 Å². The Morgan fingerprint density at radius 2 is 1.69 bits per heavy atom. The lowest BCUT2D eigenvalue weighted by atomic mass is 9.84. The van der Waals surface area contributed by atoms with Gasteiger partial charge in [-0.05, 0) is 59.4 Å². The molecule has 11 nitrogen and oxygen atoms in total. The van der Waals surface area contributed by atoms with Gasteiger partial charge < -0.3 is 30.4 Å². The summed E-state index contributed by atoms with van der Waals surface area (Å²) in [6, 6.07) is 8.26.